The number of nitrogens with two attached hydrogens (primary N) is 1. The van der Waals surface area contributed by atoms with Gasteiger partial charge in [0, 0.05) is 31.6 Å². The highest BCUT2D eigenvalue weighted by Crippen LogP contribution is 2.27. The maximum atomic E-state index is 8.76. The third-order valence-corrected chi connectivity index (χ3v) is 2.89. The van der Waals surface area contributed by atoms with E-state index in [4.69, 9.17) is 11.0 Å². The van der Waals surface area contributed by atoms with Gasteiger partial charge in [-0.3, -0.25) is 4.90 Å². The van der Waals surface area contributed by atoms with Gasteiger partial charge in [0.15, 0.2) is 0 Å². The molecule has 100 valence electrons. The van der Waals surface area contributed by atoms with Gasteiger partial charge < -0.3 is 5.73 Å². The van der Waals surface area contributed by atoms with E-state index in [1.54, 1.807) is 0 Å². The summed E-state index contributed by atoms with van der Waals surface area (Å²) >= 11 is 0. The Morgan fingerprint density at radius 3 is 2.06 bits per heavy atom. The predicted octanol–water partition coefficient (Wildman–Crippen LogP) is 2.62. The molecule has 3 heteroatoms. The van der Waals surface area contributed by atoms with Crippen molar-refractivity contribution in [3.05, 3.63) is 0 Å². The molecule has 0 rings (SSSR count). The van der Waals surface area contributed by atoms with Crippen molar-refractivity contribution in [2.24, 2.45) is 17.1 Å². The molecule has 17 heavy (non-hydrogen) atoms. The Morgan fingerprint density at radius 1 is 1.24 bits per heavy atom. The fraction of sp³-hybridized carbons (Fsp3) is 0.929. The van der Waals surface area contributed by atoms with Crippen LogP contribution in [0.25, 0.3) is 0 Å². The Bertz CT molecular complexity index is 245. The molecule has 0 spiro atoms. The Labute approximate surface area is 107 Å². The summed E-state index contributed by atoms with van der Waals surface area (Å²) in [6.45, 7) is 15.0. The molecular weight excluding hydrogens is 210 g/mol. The predicted molar refractivity (Wildman–Crippen MR) is 73.5 cm³/mol. The first-order valence-corrected chi connectivity index (χ1v) is 6.56. The van der Waals surface area contributed by atoms with Crippen LogP contribution in [0.3, 0.4) is 0 Å². The third kappa shape index (κ3) is 6.05. The lowest BCUT2D eigenvalue weighted by molar-refractivity contribution is 0.0732. The molecule has 0 aliphatic carbocycles. The van der Waals surface area contributed by atoms with E-state index in [9.17, 15) is 0 Å². The Balaban J connectivity index is 4.88. The highest BCUT2D eigenvalue weighted by molar-refractivity contribution is 4.90. The molecule has 0 aromatic carbocycles. The van der Waals surface area contributed by atoms with Gasteiger partial charge in [-0.25, -0.2) is 0 Å². The van der Waals surface area contributed by atoms with Gasteiger partial charge in [0.05, 0.1) is 6.07 Å². The minimum Gasteiger partial charge on any atom is -0.327 e. The van der Waals surface area contributed by atoms with Gasteiger partial charge in [0.1, 0.15) is 0 Å². The fourth-order valence-corrected chi connectivity index (χ4v) is 2.68. The number of rotatable bonds is 6. The molecule has 0 bridgehead atoms. The normalized spacial score (nSPS) is 16.0. The van der Waals surface area contributed by atoms with Gasteiger partial charge in [-0.2, -0.15) is 5.26 Å². The summed E-state index contributed by atoms with van der Waals surface area (Å²) in [5.74, 6) is 0.595. The molecule has 0 saturated heterocycles. The van der Waals surface area contributed by atoms with Crippen molar-refractivity contribution in [2.75, 3.05) is 13.1 Å². The fourth-order valence-electron chi connectivity index (χ4n) is 2.68. The molecule has 2 atom stereocenters. The maximum Gasteiger partial charge on any atom is 0.0635 e. The molecule has 0 aromatic heterocycles. The number of nitrogens with zero attached hydrogens (tertiary/aromatic N) is 2. The van der Waals surface area contributed by atoms with Crippen LogP contribution in [0.1, 0.15) is 48.0 Å². The molecule has 0 heterocycles. The largest absolute Gasteiger partial charge is 0.327 e. The summed E-state index contributed by atoms with van der Waals surface area (Å²) < 4.78 is 0. The lowest BCUT2D eigenvalue weighted by Gasteiger charge is -2.43. The van der Waals surface area contributed by atoms with Gasteiger partial charge in [-0.1, -0.05) is 34.6 Å². The van der Waals surface area contributed by atoms with E-state index in [1.807, 2.05) is 0 Å². The lowest BCUT2D eigenvalue weighted by Crippen LogP contribution is -2.54. The minimum atomic E-state index is 0.118. The van der Waals surface area contributed by atoms with Gasteiger partial charge in [-0.15, -0.1) is 0 Å². The van der Waals surface area contributed by atoms with Crippen LogP contribution in [-0.2, 0) is 0 Å². The van der Waals surface area contributed by atoms with Crippen LogP contribution in [0.2, 0.25) is 0 Å². The molecule has 0 aromatic rings. The second-order valence-corrected chi connectivity index (χ2v) is 6.47. The molecule has 2 N–H and O–H groups in total. The average Bonchev–Trinajstić information content (AvgIpc) is 2.10. The van der Waals surface area contributed by atoms with E-state index in [-0.39, 0.29) is 11.5 Å². The van der Waals surface area contributed by atoms with Crippen LogP contribution in [0.15, 0.2) is 0 Å². The Morgan fingerprint density at radius 2 is 1.76 bits per heavy atom. The molecule has 0 saturated carbocycles. The minimum absolute atomic E-state index is 0.118. The van der Waals surface area contributed by atoms with Crippen molar-refractivity contribution in [2.45, 2.75) is 60.0 Å². The van der Waals surface area contributed by atoms with E-state index in [2.05, 4.69) is 52.5 Å². The first kappa shape index (κ1) is 16.4. The van der Waals surface area contributed by atoms with Gasteiger partial charge in [-0.05, 0) is 18.3 Å². The van der Waals surface area contributed by atoms with Crippen LogP contribution >= 0.6 is 0 Å². The zero-order valence-corrected chi connectivity index (χ0v) is 12.3. The smallest absolute Gasteiger partial charge is 0.0635 e. The van der Waals surface area contributed by atoms with Crippen molar-refractivity contribution < 1.29 is 0 Å². The first-order chi connectivity index (χ1) is 7.70. The van der Waals surface area contributed by atoms with Crippen molar-refractivity contribution >= 4 is 0 Å². The second-order valence-electron chi connectivity index (χ2n) is 6.47. The Kier molecular flexibility index (Phi) is 6.74. The first-order valence-electron chi connectivity index (χ1n) is 6.56. The molecular formula is C14H29N3. The topological polar surface area (TPSA) is 53.0 Å². The van der Waals surface area contributed by atoms with Gasteiger partial charge in [0.2, 0.25) is 0 Å². The van der Waals surface area contributed by atoms with Crippen molar-refractivity contribution in [3.63, 3.8) is 0 Å². The molecule has 3 nitrogen and oxygen atoms in total. The quantitative estimate of drug-likeness (QED) is 0.775. The molecule has 0 fully saturated rings. The van der Waals surface area contributed by atoms with Crippen LogP contribution in [0, 0.1) is 22.7 Å². The van der Waals surface area contributed by atoms with Gasteiger partial charge in [0.25, 0.3) is 0 Å². The van der Waals surface area contributed by atoms with E-state index in [0.717, 1.165) is 13.1 Å². The van der Waals surface area contributed by atoms with Crippen molar-refractivity contribution in [1.29, 1.82) is 5.26 Å². The van der Waals surface area contributed by atoms with E-state index in [0.29, 0.717) is 18.4 Å². The molecule has 0 radical (unpaired) electrons. The zero-order chi connectivity index (χ0) is 13.6. The van der Waals surface area contributed by atoms with Gasteiger partial charge >= 0.3 is 0 Å². The van der Waals surface area contributed by atoms with Crippen molar-refractivity contribution in [3.8, 4) is 6.07 Å². The Hall–Kier alpha value is -0.590. The molecule has 0 aliphatic heterocycles. The van der Waals surface area contributed by atoms with E-state index >= 15 is 0 Å². The maximum absolute atomic E-state index is 8.76. The summed E-state index contributed by atoms with van der Waals surface area (Å²) in [6, 6.07) is 2.67. The van der Waals surface area contributed by atoms with Crippen LogP contribution in [-0.4, -0.2) is 30.1 Å². The summed E-state index contributed by atoms with van der Waals surface area (Å²) in [7, 11) is 0. The monoisotopic (exact) mass is 239 g/mol. The summed E-state index contributed by atoms with van der Waals surface area (Å²) in [5.41, 5.74) is 6.28. The highest BCUT2D eigenvalue weighted by Gasteiger charge is 2.33. The van der Waals surface area contributed by atoms with Crippen LogP contribution in [0.4, 0.5) is 0 Å². The summed E-state index contributed by atoms with van der Waals surface area (Å²) in [6.07, 6.45) is 0.575. The third-order valence-electron chi connectivity index (χ3n) is 2.89. The number of hydrogen-bond acceptors (Lipinski definition) is 3. The number of nitriles is 1. The average molecular weight is 239 g/mol. The molecule has 0 amide bonds. The molecule has 2 unspecified atom stereocenters. The van der Waals surface area contributed by atoms with Crippen molar-refractivity contribution in [1.82, 2.24) is 4.90 Å². The molecule has 0 aliphatic rings. The highest BCUT2D eigenvalue weighted by atomic mass is 15.2. The standard InChI is InChI=1S/C14H29N3/c1-11(2)10-17(9-7-8-15)13(12(3)16)14(4,5)6/h11-13H,7,9-10,16H2,1-6H3. The summed E-state index contributed by atoms with van der Waals surface area (Å²) in [4.78, 5) is 2.39. The number of hydrogen-bond donors (Lipinski definition) is 1. The summed E-state index contributed by atoms with van der Waals surface area (Å²) in [5, 5.41) is 8.76. The van der Waals surface area contributed by atoms with Crippen LogP contribution in [0.5, 0.6) is 0 Å². The van der Waals surface area contributed by atoms with E-state index < -0.39 is 0 Å². The zero-order valence-electron chi connectivity index (χ0n) is 12.3. The van der Waals surface area contributed by atoms with E-state index in [1.165, 1.54) is 0 Å². The lowest BCUT2D eigenvalue weighted by atomic mass is 9.81. The second kappa shape index (κ2) is 6.98. The van der Waals surface area contributed by atoms with Crippen LogP contribution < -0.4 is 5.73 Å². The SMILES string of the molecule is CC(C)CN(CCC#N)C(C(C)N)C(C)(C)C.